The van der Waals surface area contributed by atoms with Crippen LogP contribution in [0.2, 0.25) is 0 Å². The molecular weight excluding hydrogens is 188 g/mol. The van der Waals surface area contributed by atoms with Gasteiger partial charge in [0.2, 0.25) is 0 Å². The Morgan fingerprint density at radius 3 is 2.53 bits per heavy atom. The van der Waals surface area contributed by atoms with E-state index in [1.165, 1.54) is 5.56 Å². The molecule has 15 heavy (non-hydrogen) atoms. The van der Waals surface area contributed by atoms with E-state index < -0.39 is 5.60 Å². The molecule has 0 bridgehead atoms. The Hall–Kier alpha value is -1.15. The standard InChI is InChI=1S/C13H16O2/c1-10-4-6-11(7-5-10)12(14)13(2)8-3-9-15-13/h4-7H,3,8-9H2,1-2H3. The predicted molar refractivity (Wildman–Crippen MR) is 59.1 cm³/mol. The van der Waals surface area contributed by atoms with Crippen molar-refractivity contribution in [1.29, 1.82) is 0 Å². The van der Waals surface area contributed by atoms with Gasteiger partial charge in [-0.2, -0.15) is 0 Å². The van der Waals surface area contributed by atoms with E-state index in [0.717, 1.165) is 18.4 Å². The van der Waals surface area contributed by atoms with Gasteiger partial charge in [-0.15, -0.1) is 0 Å². The van der Waals surface area contributed by atoms with Gasteiger partial charge in [-0.1, -0.05) is 29.8 Å². The van der Waals surface area contributed by atoms with Crippen LogP contribution in [0.1, 0.15) is 35.7 Å². The quantitative estimate of drug-likeness (QED) is 0.692. The molecule has 1 atom stereocenters. The molecule has 1 heterocycles. The Balaban J connectivity index is 2.24. The van der Waals surface area contributed by atoms with Crippen LogP contribution in [0.15, 0.2) is 24.3 Å². The average Bonchev–Trinajstić information content (AvgIpc) is 2.67. The van der Waals surface area contributed by atoms with Crippen LogP contribution in [-0.2, 0) is 4.74 Å². The Morgan fingerprint density at radius 2 is 2.00 bits per heavy atom. The number of ketones is 1. The third-order valence-corrected chi connectivity index (χ3v) is 3.01. The molecular formula is C13H16O2. The zero-order valence-electron chi connectivity index (χ0n) is 9.25. The van der Waals surface area contributed by atoms with Crippen LogP contribution in [0.25, 0.3) is 0 Å². The lowest BCUT2D eigenvalue weighted by Crippen LogP contribution is -2.34. The monoisotopic (exact) mass is 204 g/mol. The van der Waals surface area contributed by atoms with Gasteiger partial charge in [0.1, 0.15) is 5.60 Å². The van der Waals surface area contributed by atoms with Gasteiger partial charge in [0.25, 0.3) is 0 Å². The first kappa shape index (κ1) is 10.4. The SMILES string of the molecule is Cc1ccc(C(=O)C2(C)CCCO2)cc1. The molecule has 80 valence electrons. The van der Waals surface area contributed by atoms with Gasteiger partial charge >= 0.3 is 0 Å². The minimum Gasteiger partial charge on any atom is -0.367 e. The number of hydrogen-bond acceptors (Lipinski definition) is 2. The Morgan fingerprint density at radius 1 is 1.33 bits per heavy atom. The van der Waals surface area contributed by atoms with Crippen LogP contribution in [0.5, 0.6) is 0 Å². The van der Waals surface area contributed by atoms with Crippen LogP contribution < -0.4 is 0 Å². The lowest BCUT2D eigenvalue weighted by Gasteiger charge is -2.21. The van der Waals surface area contributed by atoms with E-state index in [1.54, 1.807) is 0 Å². The molecule has 2 rings (SSSR count). The summed E-state index contributed by atoms with van der Waals surface area (Å²) in [5.41, 5.74) is 1.34. The molecule has 2 nitrogen and oxygen atoms in total. The summed E-state index contributed by atoms with van der Waals surface area (Å²) in [5, 5.41) is 0. The van der Waals surface area contributed by atoms with Crippen molar-refractivity contribution in [3.05, 3.63) is 35.4 Å². The lowest BCUT2D eigenvalue weighted by molar-refractivity contribution is 0.0213. The Kier molecular flexibility index (Phi) is 2.61. The fourth-order valence-corrected chi connectivity index (χ4v) is 1.97. The maximum atomic E-state index is 12.2. The average molecular weight is 204 g/mol. The van der Waals surface area contributed by atoms with Gasteiger partial charge in [0.15, 0.2) is 5.78 Å². The third-order valence-electron chi connectivity index (χ3n) is 3.01. The topological polar surface area (TPSA) is 26.3 Å². The first-order chi connectivity index (χ1) is 7.12. The normalized spacial score (nSPS) is 25.5. The van der Waals surface area contributed by atoms with E-state index >= 15 is 0 Å². The summed E-state index contributed by atoms with van der Waals surface area (Å²) in [4.78, 5) is 12.2. The van der Waals surface area contributed by atoms with Gasteiger partial charge in [-0.25, -0.2) is 0 Å². The van der Waals surface area contributed by atoms with Gasteiger partial charge in [0.05, 0.1) is 0 Å². The Labute approximate surface area is 90.3 Å². The molecule has 0 N–H and O–H groups in total. The zero-order valence-corrected chi connectivity index (χ0v) is 9.25. The summed E-state index contributed by atoms with van der Waals surface area (Å²) in [5.74, 6) is 0.111. The number of rotatable bonds is 2. The summed E-state index contributed by atoms with van der Waals surface area (Å²) in [6.45, 7) is 4.61. The fraction of sp³-hybridized carbons (Fsp3) is 0.462. The maximum Gasteiger partial charge on any atom is 0.194 e. The first-order valence-electron chi connectivity index (χ1n) is 5.37. The van der Waals surface area contributed by atoms with Crippen molar-refractivity contribution in [3.63, 3.8) is 0 Å². The van der Waals surface area contributed by atoms with Crippen molar-refractivity contribution in [2.45, 2.75) is 32.3 Å². The molecule has 1 aliphatic heterocycles. The predicted octanol–water partition coefficient (Wildman–Crippen LogP) is 2.75. The van der Waals surface area contributed by atoms with E-state index in [9.17, 15) is 4.79 Å². The molecule has 0 radical (unpaired) electrons. The molecule has 0 spiro atoms. The van der Waals surface area contributed by atoms with Crippen molar-refractivity contribution >= 4 is 5.78 Å². The lowest BCUT2D eigenvalue weighted by atomic mass is 9.92. The van der Waals surface area contributed by atoms with Crippen LogP contribution in [-0.4, -0.2) is 18.0 Å². The molecule has 2 heteroatoms. The number of aryl methyl sites for hydroxylation is 1. The molecule has 0 saturated carbocycles. The molecule has 1 aromatic rings. The summed E-state index contributed by atoms with van der Waals surface area (Å²) in [6, 6.07) is 7.69. The van der Waals surface area contributed by atoms with E-state index in [0.29, 0.717) is 6.61 Å². The van der Waals surface area contributed by atoms with Crippen molar-refractivity contribution < 1.29 is 9.53 Å². The summed E-state index contributed by atoms with van der Waals surface area (Å²) < 4.78 is 5.54. The molecule has 0 aliphatic carbocycles. The molecule has 1 fully saturated rings. The fourth-order valence-electron chi connectivity index (χ4n) is 1.97. The summed E-state index contributed by atoms with van der Waals surface area (Å²) in [7, 11) is 0. The molecule has 1 saturated heterocycles. The third kappa shape index (κ3) is 1.95. The zero-order chi connectivity index (χ0) is 10.9. The van der Waals surface area contributed by atoms with Gasteiger partial charge < -0.3 is 4.74 Å². The van der Waals surface area contributed by atoms with E-state index in [1.807, 2.05) is 38.1 Å². The number of benzene rings is 1. The van der Waals surface area contributed by atoms with Gasteiger partial charge in [-0.05, 0) is 26.7 Å². The highest BCUT2D eigenvalue weighted by Gasteiger charge is 2.37. The van der Waals surface area contributed by atoms with Crippen molar-refractivity contribution in [1.82, 2.24) is 0 Å². The van der Waals surface area contributed by atoms with Crippen molar-refractivity contribution in [2.75, 3.05) is 6.61 Å². The number of hydrogen-bond donors (Lipinski definition) is 0. The molecule has 0 aromatic heterocycles. The number of Topliss-reactive ketones (excluding diaryl/α,β-unsaturated/α-hetero) is 1. The molecule has 1 unspecified atom stereocenters. The molecule has 1 aromatic carbocycles. The van der Waals surface area contributed by atoms with Crippen LogP contribution in [0, 0.1) is 6.92 Å². The highest BCUT2D eigenvalue weighted by Crippen LogP contribution is 2.28. The highest BCUT2D eigenvalue weighted by atomic mass is 16.5. The minimum absolute atomic E-state index is 0.111. The largest absolute Gasteiger partial charge is 0.367 e. The smallest absolute Gasteiger partial charge is 0.194 e. The van der Waals surface area contributed by atoms with E-state index in [2.05, 4.69) is 0 Å². The number of carbonyl (C=O) groups excluding carboxylic acids is 1. The summed E-state index contributed by atoms with van der Waals surface area (Å²) in [6.07, 6.45) is 1.81. The van der Waals surface area contributed by atoms with E-state index in [-0.39, 0.29) is 5.78 Å². The summed E-state index contributed by atoms with van der Waals surface area (Å²) >= 11 is 0. The Bertz CT molecular complexity index is 359. The van der Waals surface area contributed by atoms with E-state index in [4.69, 9.17) is 4.74 Å². The van der Waals surface area contributed by atoms with Crippen molar-refractivity contribution in [3.8, 4) is 0 Å². The second-order valence-electron chi connectivity index (χ2n) is 4.38. The van der Waals surface area contributed by atoms with Crippen LogP contribution >= 0.6 is 0 Å². The first-order valence-corrected chi connectivity index (χ1v) is 5.37. The van der Waals surface area contributed by atoms with Crippen LogP contribution in [0.4, 0.5) is 0 Å². The van der Waals surface area contributed by atoms with Gasteiger partial charge in [-0.3, -0.25) is 4.79 Å². The second-order valence-corrected chi connectivity index (χ2v) is 4.38. The van der Waals surface area contributed by atoms with Gasteiger partial charge in [0, 0.05) is 12.2 Å². The highest BCUT2D eigenvalue weighted by molar-refractivity contribution is 6.02. The number of carbonyl (C=O) groups is 1. The number of ether oxygens (including phenoxy) is 1. The maximum absolute atomic E-state index is 12.2. The minimum atomic E-state index is -0.588. The molecule has 0 amide bonds. The molecule has 1 aliphatic rings. The van der Waals surface area contributed by atoms with Crippen LogP contribution in [0.3, 0.4) is 0 Å². The second kappa shape index (κ2) is 3.78. The van der Waals surface area contributed by atoms with Crippen molar-refractivity contribution in [2.24, 2.45) is 0 Å².